The Bertz CT molecular complexity index is 555. The lowest BCUT2D eigenvalue weighted by Gasteiger charge is -2.15. The molecule has 0 unspecified atom stereocenters. The summed E-state index contributed by atoms with van der Waals surface area (Å²) in [6, 6.07) is 3.45. The monoisotopic (exact) mass is 324 g/mol. The molecule has 0 aromatic heterocycles. The van der Waals surface area contributed by atoms with Crippen LogP contribution in [0.1, 0.15) is 13.8 Å². The Balaban J connectivity index is 3.03. The Morgan fingerprint density at radius 2 is 1.84 bits per heavy atom. The van der Waals surface area contributed by atoms with E-state index in [1.807, 2.05) is 0 Å². The lowest BCUT2D eigenvalue weighted by atomic mass is 10.3. The molecule has 0 aliphatic carbocycles. The second-order valence-corrected chi connectivity index (χ2v) is 6.25. The summed E-state index contributed by atoms with van der Waals surface area (Å²) in [5.74, 6) is -0.422. The normalized spacial score (nSPS) is 13.1. The van der Waals surface area contributed by atoms with Gasteiger partial charge in [0.2, 0.25) is 15.9 Å². The maximum Gasteiger partial charge on any atom is 0.244 e. The van der Waals surface area contributed by atoms with Gasteiger partial charge in [0.1, 0.15) is 4.90 Å². The minimum Gasteiger partial charge on any atom is -0.355 e. The van der Waals surface area contributed by atoms with Gasteiger partial charge in [-0.2, -0.15) is 4.72 Å². The Morgan fingerprint density at radius 3 is 2.32 bits per heavy atom. The number of halogens is 2. The molecule has 1 aromatic carbocycles. The smallest absolute Gasteiger partial charge is 0.244 e. The molecule has 0 spiro atoms. The predicted octanol–water partition coefficient (Wildman–Crippen LogP) is 1.80. The molecule has 106 valence electrons. The number of carbonyl (C=O) groups excluding carboxylic acids is 1. The van der Waals surface area contributed by atoms with Crippen LogP contribution in [-0.2, 0) is 14.8 Å². The van der Waals surface area contributed by atoms with Gasteiger partial charge in [-0.3, -0.25) is 4.79 Å². The molecule has 19 heavy (non-hydrogen) atoms. The Morgan fingerprint density at radius 1 is 1.32 bits per heavy atom. The van der Waals surface area contributed by atoms with Crippen LogP contribution in [-0.4, -0.2) is 26.9 Å². The van der Waals surface area contributed by atoms with Crippen LogP contribution in [0.2, 0.25) is 10.0 Å². The van der Waals surface area contributed by atoms with Gasteiger partial charge >= 0.3 is 0 Å². The molecule has 0 fully saturated rings. The van der Waals surface area contributed by atoms with Gasteiger partial charge in [0.25, 0.3) is 0 Å². The fraction of sp³-hybridized carbons (Fsp3) is 0.364. The van der Waals surface area contributed by atoms with Gasteiger partial charge in [-0.25, -0.2) is 8.42 Å². The number of hydrogen-bond acceptors (Lipinski definition) is 3. The van der Waals surface area contributed by atoms with Crippen LogP contribution >= 0.6 is 23.2 Å². The van der Waals surface area contributed by atoms with Gasteiger partial charge in [0.15, 0.2) is 0 Å². The molecule has 1 atom stereocenters. The quantitative estimate of drug-likeness (QED) is 0.867. The van der Waals surface area contributed by atoms with Gasteiger partial charge in [0, 0.05) is 6.54 Å². The van der Waals surface area contributed by atoms with Crippen molar-refractivity contribution in [3.05, 3.63) is 28.2 Å². The van der Waals surface area contributed by atoms with Crippen molar-refractivity contribution in [1.29, 1.82) is 0 Å². The SMILES string of the molecule is CCNC(=O)[C@H](C)NS(=O)(=O)c1c(Cl)cccc1Cl. The summed E-state index contributed by atoms with van der Waals surface area (Å²) < 4.78 is 26.5. The van der Waals surface area contributed by atoms with Gasteiger partial charge in [-0.15, -0.1) is 0 Å². The molecule has 1 aromatic rings. The summed E-state index contributed by atoms with van der Waals surface area (Å²) >= 11 is 11.7. The Hall–Kier alpha value is -0.820. The van der Waals surface area contributed by atoms with E-state index in [-0.39, 0.29) is 14.9 Å². The van der Waals surface area contributed by atoms with Gasteiger partial charge in [-0.1, -0.05) is 29.3 Å². The van der Waals surface area contributed by atoms with E-state index >= 15 is 0 Å². The van der Waals surface area contributed by atoms with Crippen molar-refractivity contribution in [2.75, 3.05) is 6.54 Å². The van der Waals surface area contributed by atoms with Crippen LogP contribution in [0.3, 0.4) is 0 Å². The van der Waals surface area contributed by atoms with Crippen molar-refractivity contribution in [3.63, 3.8) is 0 Å². The first-order valence-electron chi connectivity index (χ1n) is 5.53. The zero-order valence-corrected chi connectivity index (χ0v) is 12.7. The zero-order chi connectivity index (χ0) is 14.6. The second kappa shape index (κ2) is 6.56. The minimum absolute atomic E-state index is 0.00287. The van der Waals surface area contributed by atoms with Crippen molar-refractivity contribution in [3.8, 4) is 0 Å². The van der Waals surface area contributed by atoms with Crippen molar-refractivity contribution >= 4 is 39.1 Å². The number of nitrogens with one attached hydrogen (secondary N) is 2. The van der Waals surface area contributed by atoms with Crippen molar-refractivity contribution in [2.45, 2.75) is 24.8 Å². The molecule has 0 bridgehead atoms. The highest BCUT2D eigenvalue weighted by atomic mass is 35.5. The van der Waals surface area contributed by atoms with Crippen LogP contribution < -0.4 is 10.0 Å². The molecule has 8 heteroatoms. The third-order valence-electron chi connectivity index (χ3n) is 2.26. The number of amides is 1. The second-order valence-electron chi connectivity index (χ2n) is 3.79. The first-order chi connectivity index (χ1) is 8.79. The van der Waals surface area contributed by atoms with Crippen LogP contribution in [0, 0.1) is 0 Å². The average molecular weight is 325 g/mol. The molecule has 0 aliphatic heterocycles. The Kier molecular flexibility index (Phi) is 5.61. The maximum atomic E-state index is 12.1. The van der Waals surface area contributed by atoms with Gasteiger partial charge < -0.3 is 5.32 Å². The molecule has 0 heterocycles. The largest absolute Gasteiger partial charge is 0.355 e. The van der Waals surface area contributed by atoms with E-state index in [0.29, 0.717) is 6.54 Å². The predicted molar refractivity (Wildman–Crippen MR) is 74.9 cm³/mol. The van der Waals surface area contributed by atoms with E-state index in [0.717, 1.165) is 0 Å². The van der Waals surface area contributed by atoms with Crippen molar-refractivity contribution < 1.29 is 13.2 Å². The standard InChI is InChI=1S/C11H14Cl2N2O3S/c1-3-14-11(16)7(2)15-19(17,18)10-8(12)5-4-6-9(10)13/h4-7,15H,3H2,1-2H3,(H,14,16)/t7-/m0/s1. The molecule has 2 N–H and O–H groups in total. The van der Waals surface area contributed by atoms with Crippen LogP contribution in [0.4, 0.5) is 0 Å². The average Bonchev–Trinajstić information content (AvgIpc) is 2.27. The molecule has 0 radical (unpaired) electrons. The molecular weight excluding hydrogens is 311 g/mol. The number of likely N-dealkylation sites (N-methyl/N-ethyl adjacent to an activating group) is 1. The maximum absolute atomic E-state index is 12.1. The fourth-order valence-electron chi connectivity index (χ4n) is 1.41. The summed E-state index contributed by atoms with van der Waals surface area (Å²) in [6.45, 7) is 3.59. The van der Waals surface area contributed by atoms with Crippen LogP contribution in [0.15, 0.2) is 23.1 Å². The van der Waals surface area contributed by atoms with Crippen LogP contribution in [0.5, 0.6) is 0 Å². The highest BCUT2D eigenvalue weighted by molar-refractivity contribution is 7.89. The summed E-state index contributed by atoms with van der Waals surface area (Å²) in [6.07, 6.45) is 0. The van der Waals surface area contributed by atoms with Crippen LogP contribution in [0.25, 0.3) is 0 Å². The third kappa shape index (κ3) is 4.07. The molecule has 1 rings (SSSR count). The first-order valence-corrected chi connectivity index (χ1v) is 7.77. The van der Waals surface area contributed by atoms with Crippen molar-refractivity contribution in [1.82, 2.24) is 10.0 Å². The fourth-order valence-corrected chi connectivity index (χ4v) is 3.76. The summed E-state index contributed by atoms with van der Waals surface area (Å²) in [4.78, 5) is 11.3. The highest BCUT2D eigenvalue weighted by Gasteiger charge is 2.25. The van der Waals surface area contributed by atoms with E-state index < -0.39 is 22.0 Å². The minimum atomic E-state index is -3.96. The van der Waals surface area contributed by atoms with Crippen molar-refractivity contribution in [2.24, 2.45) is 0 Å². The summed E-state index contributed by atoms with van der Waals surface area (Å²) in [7, 11) is -3.96. The highest BCUT2D eigenvalue weighted by Crippen LogP contribution is 2.28. The molecule has 5 nitrogen and oxygen atoms in total. The number of benzene rings is 1. The first kappa shape index (κ1) is 16.2. The number of hydrogen-bond donors (Lipinski definition) is 2. The van der Waals surface area contributed by atoms with E-state index in [1.54, 1.807) is 6.92 Å². The number of carbonyl (C=O) groups is 1. The topological polar surface area (TPSA) is 75.3 Å². The molecule has 0 saturated heterocycles. The van der Waals surface area contributed by atoms with E-state index in [4.69, 9.17) is 23.2 Å². The molecular formula is C11H14Cl2N2O3S. The number of rotatable bonds is 5. The molecule has 0 saturated carbocycles. The van der Waals surface area contributed by atoms with E-state index in [2.05, 4.69) is 10.0 Å². The third-order valence-corrected chi connectivity index (χ3v) is 4.76. The Labute approximate surface area is 122 Å². The lowest BCUT2D eigenvalue weighted by Crippen LogP contribution is -2.44. The van der Waals surface area contributed by atoms with Gasteiger partial charge in [0.05, 0.1) is 16.1 Å². The molecule has 0 aliphatic rings. The van der Waals surface area contributed by atoms with Gasteiger partial charge in [-0.05, 0) is 26.0 Å². The summed E-state index contributed by atoms with van der Waals surface area (Å²) in [5, 5.41) is 2.52. The summed E-state index contributed by atoms with van der Waals surface area (Å²) in [5.41, 5.74) is 0. The van der Waals surface area contributed by atoms with E-state index in [9.17, 15) is 13.2 Å². The number of sulfonamides is 1. The molecule has 1 amide bonds. The lowest BCUT2D eigenvalue weighted by molar-refractivity contribution is -0.122. The zero-order valence-electron chi connectivity index (χ0n) is 10.4. The van der Waals surface area contributed by atoms with E-state index in [1.165, 1.54) is 25.1 Å².